The maximum atomic E-state index is 13.3. The molecule has 1 saturated carbocycles. The Morgan fingerprint density at radius 3 is 2.50 bits per heavy atom. The van der Waals surface area contributed by atoms with Crippen molar-refractivity contribution in [3.05, 3.63) is 72.1 Å². The number of fused-ring (bicyclic) bond motifs is 1. The molecule has 0 radical (unpaired) electrons. The Balaban J connectivity index is 1.41. The molecule has 1 amide bonds. The first-order chi connectivity index (χ1) is 13.8. The summed E-state index contributed by atoms with van der Waals surface area (Å²) in [7, 11) is 0. The van der Waals surface area contributed by atoms with E-state index in [9.17, 15) is 4.79 Å². The summed E-state index contributed by atoms with van der Waals surface area (Å²) in [5.74, 6) is -0.00497. The van der Waals surface area contributed by atoms with Gasteiger partial charge in [-0.15, -0.1) is 0 Å². The lowest BCUT2D eigenvalue weighted by Crippen LogP contribution is -2.56. The van der Waals surface area contributed by atoms with Crippen LogP contribution in [0.15, 0.2) is 60.8 Å². The molecule has 28 heavy (non-hydrogen) atoms. The molecule has 2 aromatic carbocycles. The number of hydrogen-bond acceptors (Lipinski definition) is 4. The molecule has 142 valence electrons. The van der Waals surface area contributed by atoms with Gasteiger partial charge in [0.05, 0.1) is 17.2 Å². The SMILES string of the molecule is O=C(c1cnc2ccccc2n1)N1CCN(C2CC2)CC1Cc1ccccc1. The van der Waals surface area contributed by atoms with E-state index in [1.54, 1.807) is 6.20 Å². The fourth-order valence-corrected chi connectivity index (χ4v) is 4.19. The van der Waals surface area contributed by atoms with Crippen LogP contribution in [0.4, 0.5) is 0 Å². The average Bonchev–Trinajstić information content (AvgIpc) is 3.59. The lowest BCUT2D eigenvalue weighted by Gasteiger charge is -2.41. The summed E-state index contributed by atoms with van der Waals surface area (Å²) in [6.07, 6.45) is 5.08. The highest BCUT2D eigenvalue weighted by atomic mass is 16.2. The van der Waals surface area contributed by atoms with Crippen molar-refractivity contribution < 1.29 is 4.79 Å². The molecule has 2 fully saturated rings. The van der Waals surface area contributed by atoms with E-state index in [0.717, 1.165) is 43.1 Å². The number of piperazine rings is 1. The van der Waals surface area contributed by atoms with Crippen LogP contribution >= 0.6 is 0 Å². The lowest BCUT2D eigenvalue weighted by atomic mass is 10.0. The number of para-hydroxylation sites is 2. The van der Waals surface area contributed by atoms with Crippen molar-refractivity contribution in [1.29, 1.82) is 0 Å². The zero-order valence-electron chi connectivity index (χ0n) is 15.9. The zero-order valence-corrected chi connectivity index (χ0v) is 15.9. The Bertz CT molecular complexity index is 986. The van der Waals surface area contributed by atoms with Crippen LogP contribution in [0.3, 0.4) is 0 Å². The van der Waals surface area contributed by atoms with Gasteiger partial charge in [-0.05, 0) is 37.0 Å². The van der Waals surface area contributed by atoms with Crippen molar-refractivity contribution in [2.75, 3.05) is 19.6 Å². The first-order valence-electron chi connectivity index (χ1n) is 10.1. The Labute approximate surface area is 165 Å². The van der Waals surface area contributed by atoms with E-state index in [4.69, 9.17) is 0 Å². The number of carbonyl (C=O) groups is 1. The van der Waals surface area contributed by atoms with E-state index in [2.05, 4.69) is 39.1 Å². The maximum Gasteiger partial charge on any atom is 0.274 e. The molecule has 1 atom stereocenters. The minimum Gasteiger partial charge on any atom is -0.331 e. The first kappa shape index (κ1) is 17.3. The Kier molecular flexibility index (Phi) is 4.53. The second kappa shape index (κ2) is 7.32. The summed E-state index contributed by atoms with van der Waals surface area (Å²) in [6.45, 7) is 2.64. The third-order valence-corrected chi connectivity index (χ3v) is 5.82. The molecule has 1 saturated heterocycles. The standard InChI is InChI=1S/C23H24N4O/c28-23(22-15-24-20-8-4-5-9-21(20)25-22)27-13-12-26(18-10-11-18)16-19(27)14-17-6-2-1-3-7-17/h1-9,15,18-19H,10-14,16H2. The Hall–Kier alpha value is -2.79. The van der Waals surface area contributed by atoms with Gasteiger partial charge in [-0.25, -0.2) is 4.98 Å². The summed E-state index contributed by atoms with van der Waals surface area (Å²) in [4.78, 5) is 26.9. The topological polar surface area (TPSA) is 49.3 Å². The second-order valence-corrected chi connectivity index (χ2v) is 7.81. The first-order valence-corrected chi connectivity index (χ1v) is 10.1. The maximum absolute atomic E-state index is 13.3. The summed E-state index contributed by atoms with van der Waals surface area (Å²) < 4.78 is 0. The number of aromatic nitrogens is 2. The minimum absolute atomic E-state index is 0.00497. The lowest BCUT2D eigenvalue weighted by molar-refractivity contribution is 0.0432. The molecular formula is C23H24N4O. The summed E-state index contributed by atoms with van der Waals surface area (Å²) >= 11 is 0. The van der Waals surface area contributed by atoms with Crippen molar-refractivity contribution in [3.63, 3.8) is 0 Å². The van der Waals surface area contributed by atoms with Crippen LogP contribution in [0.25, 0.3) is 11.0 Å². The molecule has 1 unspecified atom stereocenters. The highest BCUT2D eigenvalue weighted by Gasteiger charge is 2.37. The van der Waals surface area contributed by atoms with Gasteiger partial charge in [-0.3, -0.25) is 14.7 Å². The van der Waals surface area contributed by atoms with E-state index in [1.807, 2.05) is 35.2 Å². The highest BCUT2D eigenvalue weighted by molar-refractivity contribution is 5.94. The molecule has 0 spiro atoms. The zero-order chi connectivity index (χ0) is 18.9. The Morgan fingerprint density at radius 1 is 0.964 bits per heavy atom. The summed E-state index contributed by atoms with van der Waals surface area (Å²) in [5.41, 5.74) is 3.30. The van der Waals surface area contributed by atoms with Gasteiger partial charge in [0.25, 0.3) is 5.91 Å². The molecule has 1 aliphatic heterocycles. The molecule has 2 heterocycles. The fourth-order valence-electron chi connectivity index (χ4n) is 4.19. The highest BCUT2D eigenvalue weighted by Crippen LogP contribution is 2.30. The van der Waals surface area contributed by atoms with Crippen molar-refractivity contribution in [2.45, 2.75) is 31.3 Å². The molecule has 1 aromatic heterocycles. The smallest absolute Gasteiger partial charge is 0.274 e. The average molecular weight is 372 g/mol. The minimum atomic E-state index is -0.00497. The number of amides is 1. The van der Waals surface area contributed by atoms with E-state index in [-0.39, 0.29) is 11.9 Å². The summed E-state index contributed by atoms with van der Waals surface area (Å²) in [5, 5.41) is 0. The quantitative estimate of drug-likeness (QED) is 0.706. The van der Waals surface area contributed by atoms with E-state index in [1.165, 1.54) is 18.4 Å². The van der Waals surface area contributed by atoms with Gasteiger partial charge in [0.1, 0.15) is 5.69 Å². The predicted octanol–water partition coefficient (Wildman–Crippen LogP) is 3.16. The molecule has 2 aliphatic rings. The van der Waals surface area contributed by atoms with Crippen molar-refractivity contribution in [1.82, 2.24) is 19.8 Å². The van der Waals surface area contributed by atoms with E-state index in [0.29, 0.717) is 5.69 Å². The van der Waals surface area contributed by atoms with Gasteiger partial charge in [-0.1, -0.05) is 42.5 Å². The van der Waals surface area contributed by atoms with Crippen LogP contribution in [0.5, 0.6) is 0 Å². The number of nitrogens with zero attached hydrogens (tertiary/aromatic N) is 4. The Morgan fingerprint density at radius 2 is 1.71 bits per heavy atom. The van der Waals surface area contributed by atoms with Crippen LogP contribution in [0.1, 0.15) is 28.9 Å². The van der Waals surface area contributed by atoms with Crippen LogP contribution in [-0.2, 0) is 6.42 Å². The molecule has 5 heteroatoms. The van der Waals surface area contributed by atoms with Gasteiger partial charge in [0.15, 0.2) is 0 Å². The molecule has 1 aliphatic carbocycles. The molecule has 0 N–H and O–H groups in total. The van der Waals surface area contributed by atoms with Crippen LogP contribution in [-0.4, -0.2) is 57.4 Å². The molecule has 3 aromatic rings. The van der Waals surface area contributed by atoms with Gasteiger partial charge in [-0.2, -0.15) is 0 Å². The van der Waals surface area contributed by atoms with E-state index >= 15 is 0 Å². The normalized spacial score (nSPS) is 20.4. The molecule has 5 nitrogen and oxygen atoms in total. The third kappa shape index (κ3) is 3.50. The number of hydrogen-bond donors (Lipinski definition) is 0. The fraction of sp³-hybridized carbons (Fsp3) is 0.348. The monoisotopic (exact) mass is 372 g/mol. The van der Waals surface area contributed by atoms with Crippen LogP contribution in [0, 0.1) is 0 Å². The predicted molar refractivity (Wildman–Crippen MR) is 109 cm³/mol. The second-order valence-electron chi connectivity index (χ2n) is 7.81. The van der Waals surface area contributed by atoms with Crippen molar-refractivity contribution in [3.8, 4) is 0 Å². The molecular weight excluding hydrogens is 348 g/mol. The number of carbonyl (C=O) groups excluding carboxylic acids is 1. The molecule has 0 bridgehead atoms. The van der Waals surface area contributed by atoms with Crippen molar-refractivity contribution >= 4 is 16.9 Å². The van der Waals surface area contributed by atoms with Gasteiger partial charge >= 0.3 is 0 Å². The van der Waals surface area contributed by atoms with Crippen molar-refractivity contribution in [2.24, 2.45) is 0 Å². The van der Waals surface area contributed by atoms with Crippen LogP contribution < -0.4 is 0 Å². The van der Waals surface area contributed by atoms with Gasteiger partial charge in [0, 0.05) is 31.7 Å². The third-order valence-electron chi connectivity index (χ3n) is 5.82. The van der Waals surface area contributed by atoms with E-state index < -0.39 is 0 Å². The van der Waals surface area contributed by atoms with Crippen LogP contribution in [0.2, 0.25) is 0 Å². The number of benzene rings is 2. The number of rotatable bonds is 4. The largest absolute Gasteiger partial charge is 0.331 e. The van der Waals surface area contributed by atoms with Gasteiger partial charge < -0.3 is 4.90 Å². The molecule has 5 rings (SSSR count). The summed E-state index contributed by atoms with van der Waals surface area (Å²) in [6, 6.07) is 19.0. The van der Waals surface area contributed by atoms with Gasteiger partial charge in [0.2, 0.25) is 0 Å².